The van der Waals surface area contributed by atoms with Crippen molar-refractivity contribution in [2.24, 2.45) is 4.99 Å². The summed E-state index contributed by atoms with van der Waals surface area (Å²) in [6, 6.07) is 5.15. The Morgan fingerprint density at radius 3 is 2.57 bits per heavy atom. The van der Waals surface area contributed by atoms with Gasteiger partial charge in [0.15, 0.2) is 5.96 Å². The van der Waals surface area contributed by atoms with Crippen molar-refractivity contribution in [1.82, 2.24) is 30.1 Å². The van der Waals surface area contributed by atoms with Gasteiger partial charge >= 0.3 is 0 Å². The molecule has 156 valence electrons. The zero-order valence-corrected chi connectivity index (χ0v) is 19.5. The first-order chi connectivity index (χ1) is 12.9. The van der Waals surface area contributed by atoms with E-state index in [4.69, 9.17) is 0 Å². The van der Waals surface area contributed by atoms with Crippen LogP contribution in [0.1, 0.15) is 17.8 Å². The SMILES string of the molecule is CN=C(NCCCn1nc(C)cc1C)NCCNS(=O)(=O)c1cccnc1.I. The maximum Gasteiger partial charge on any atom is 0.242 e. The molecule has 3 N–H and O–H groups in total. The first-order valence-corrected chi connectivity index (χ1v) is 10.3. The van der Waals surface area contributed by atoms with Crippen LogP contribution < -0.4 is 15.4 Å². The Balaban J connectivity index is 0.00000392. The van der Waals surface area contributed by atoms with Gasteiger partial charge in [0, 0.05) is 51.3 Å². The number of nitrogens with one attached hydrogen (secondary N) is 3. The zero-order valence-electron chi connectivity index (χ0n) is 16.3. The number of pyridine rings is 1. The van der Waals surface area contributed by atoms with E-state index >= 15 is 0 Å². The van der Waals surface area contributed by atoms with Gasteiger partial charge in [-0.3, -0.25) is 14.7 Å². The molecule has 2 aromatic heterocycles. The van der Waals surface area contributed by atoms with Crippen LogP contribution in [0.15, 0.2) is 40.5 Å². The van der Waals surface area contributed by atoms with E-state index in [1.807, 2.05) is 18.5 Å². The highest BCUT2D eigenvalue weighted by atomic mass is 127. The Kier molecular flexibility index (Phi) is 10.4. The Hall–Kier alpha value is -1.73. The van der Waals surface area contributed by atoms with Crippen LogP contribution in [0, 0.1) is 13.8 Å². The molecule has 0 unspecified atom stereocenters. The Bertz CT molecular complexity index is 854. The summed E-state index contributed by atoms with van der Waals surface area (Å²) in [6.45, 7) is 6.24. The Morgan fingerprint density at radius 2 is 1.96 bits per heavy atom. The fraction of sp³-hybridized carbons (Fsp3) is 0.471. The van der Waals surface area contributed by atoms with Gasteiger partial charge in [-0.05, 0) is 38.5 Å². The number of halogens is 1. The van der Waals surface area contributed by atoms with E-state index in [-0.39, 0.29) is 35.4 Å². The number of guanidine groups is 1. The maximum atomic E-state index is 12.1. The fourth-order valence-electron chi connectivity index (χ4n) is 2.51. The number of nitrogens with zero attached hydrogens (tertiary/aromatic N) is 4. The predicted molar refractivity (Wildman–Crippen MR) is 121 cm³/mol. The number of aryl methyl sites for hydroxylation is 3. The highest BCUT2D eigenvalue weighted by molar-refractivity contribution is 14.0. The number of rotatable bonds is 9. The van der Waals surface area contributed by atoms with Crippen molar-refractivity contribution in [1.29, 1.82) is 0 Å². The minimum Gasteiger partial charge on any atom is -0.356 e. The van der Waals surface area contributed by atoms with Crippen LogP contribution in [0.3, 0.4) is 0 Å². The summed E-state index contributed by atoms with van der Waals surface area (Å²) in [5.74, 6) is 0.629. The molecule has 0 fully saturated rings. The molecule has 2 rings (SSSR count). The molecule has 0 amide bonds. The standard InChI is InChI=1S/C17H27N7O2S.HI/c1-14-12-15(2)24(23-14)11-5-8-20-17(18-3)21-9-10-22-27(25,26)16-6-4-7-19-13-16;/h4,6-7,12-13,22H,5,8-11H2,1-3H3,(H2,18,20,21);1H. The van der Waals surface area contributed by atoms with Crippen LogP contribution >= 0.6 is 24.0 Å². The number of aromatic nitrogens is 3. The third kappa shape index (κ3) is 7.72. The molecular formula is C17H28IN7O2S. The van der Waals surface area contributed by atoms with Gasteiger partial charge < -0.3 is 10.6 Å². The molecule has 0 atom stereocenters. The predicted octanol–water partition coefficient (Wildman–Crippen LogP) is 1.05. The van der Waals surface area contributed by atoms with Crippen LogP contribution in [-0.2, 0) is 16.6 Å². The molecule has 0 saturated carbocycles. The molecule has 2 aromatic rings. The summed E-state index contributed by atoms with van der Waals surface area (Å²) < 4.78 is 28.7. The summed E-state index contributed by atoms with van der Waals surface area (Å²) in [6.07, 6.45) is 3.75. The lowest BCUT2D eigenvalue weighted by molar-refractivity contribution is 0.555. The molecule has 0 aromatic carbocycles. The average Bonchev–Trinajstić information content (AvgIpc) is 2.98. The van der Waals surface area contributed by atoms with Gasteiger partial charge in [-0.25, -0.2) is 13.1 Å². The van der Waals surface area contributed by atoms with Crippen molar-refractivity contribution < 1.29 is 8.42 Å². The van der Waals surface area contributed by atoms with E-state index < -0.39 is 10.0 Å². The third-order valence-corrected chi connectivity index (χ3v) is 5.27. The Labute approximate surface area is 183 Å². The number of hydrogen-bond acceptors (Lipinski definition) is 5. The van der Waals surface area contributed by atoms with E-state index in [9.17, 15) is 8.42 Å². The lowest BCUT2D eigenvalue weighted by Crippen LogP contribution is -2.42. The quantitative estimate of drug-likeness (QED) is 0.197. The number of sulfonamides is 1. The Morgan fingerprint density at radius 1 is 1.21 bits per heavy atom. The second kappa shape index (κ2) is 12.0. The van der Waals surface area contributed by atoms with Crippen molar-refractivity contribution in [3.8, 4) is 0 Å². The topological polar surface area (TPSA) is 113 Å². The molecule has 0 aliphatic heterocycles. The maximum absolute atomic E-state index is 12.1. The minimum atomic E-state index is -3.54. The fourth-order valence-corrected chi connectivity index (χ4v) is 3.51. The zero-order chi connectivity index (χ0) is 19.7. The van der Waals surface area contributed by atoms with Crippen molar-refractivity contribution >= 4 is 40.0 Å². The van der Waals surface area contributed by atoms with E-state index in [1.54, 1.807) is 13.1 Å². The molecule has 0 spiro atoms. The first kappa shape index (κ1) is 24.3. The molecule has 0 aliphatic carbocycles. The van der Waals surface area contributed by atoms with Gasteiger partial charge in [0.2, 0.25) is 10.0 Å². The van der Waals surface area contributed by atoms with Crippen LogP contribution in [0.5, 0.6) is 0 Å². The van der Waals surface area contributed by atoms with Crippen LogP contribution in [0.4, 0.5) is 0 Å². The van der Waals surface area contributed by atoms with Crippen molar-refractivity contribution in [2.75, 3.05) is 26.7 Å². The third-order valence-electron chi connectivity index (χ3n) is 3.82. The lowest BCUT2D eigenvalue weighted by atomic mass is 10.4. The van der Waals surface area contributed by atoms with Crippen LogP contribution in [-0.4, -0.2) is 55.8 Å². The van der Waals surface area contributed by atoms with Crippen molar-refractivity contribution in [3.63, 3.8) is 0 Å². The molecule has 0 bridgehead atoms. The van der Waals surface area contributed by atoms with Gasteiger partial charge in [-0.2, -0.15) is 5.10 Å². The molecule has 11 heteroatoms. The van der Waals surface area contributed by atoms with Crippen molar-refractivity contribution in [2.45, 2.75) is 31.7 Å². The highest BCUT2D eigenvalue weighted by Crippen LogP contribution is 2.04. The van der Waals surface area contributed by atoms with Gasteiger partial charge in [-0.15, -0.1) is 24.0 Å². The molecule has 0 saturated heterocycles. The van der Waals surface area contributed by atoms with Crippen LogP contribution in [0.25, 0.3) is 0 Å². The number of aliphatic imine (C=N–C) groups is 1. The first-order valence-electron chi connectivity index (χ1n) is 8.77. The smallest absolute Gasteiger partial charge is 0.242 e. The van der Waals surface area contributed by atoms with Crippen LogP contribution in [0.2, 0.25) is 0 Å². The van der Waals surface area contributed by atoms with E-state index in [1.165, 1.54) is 18.5 Å². The lowest BCUT2D eigenvalue weighted by Gasteiger charge is -2.12. The van der Waals surface area contributed by atoms with E-state index in [0.29, 0.717) is 12.5 Å². The second-order valence-corrected chi connectivity index (χ2v) is 7.78. The second-order valence-electron chi connectivity index (χ2n) is 6.02. The minimum absolute atomic E-state index is 0. The molecule has 28 heavy (non-hydrogen) atoms. The van der Waals surface area contributed by atoms with Gasteiger partial charge in [0.25, 0.3) is 0 Å². The van der Waals surface area contributed by atoms with E-state index in [0.717, 1.165) is 30.9 Å². The summed E-state index contributed by atoms with van der Waals surface area (Å²) in [4.78, 5) is 8.10. The largest absolute Gasteiger partial charge is 0.356 e. The van der Waals surface area contributed by atoms with Crippen molar-refractivity contribution in [3.05, 3.63) is 42.0 Å². The summed E-state index contributed by atoms with van der Waals surface area (Å²) in [7, 11) is -1.86. The average molecular weight is 521 g/mol. The molecule has 0 aliphatic rings. The van der Waals surface area contributed by atoms with E-state index in [2.05, 4.69) is 36.5 Å². The molecular weight excluding hydrogens is 493 g/mol. The molecule has 9 nitrogen and oxygen atoms in total. The number of hydrogen-bond donors (Lipinski definition) is 3. The monoisotopic (exact) mass is 521 g/mol. The summed E-state index contributed by atoms with van der Waals surface area (Å²) in [5, 5.41) is 10.7. The van der Waals surface area contributed by atoms with Gasteiger partial charge in [0.05, 0.1) is 5.69 Å². The molecule has 2 heterocycles. The van der Waals surface area contributed by atoms with Gasteiger partial charge in [0.1, 0.15) is 4.90 Å². The summed E-state index contributed by atoms with van der Waals surface area (Å²) in [5.41, 5.74) is 2.17. The normalized spacial score (nSPS) is 11.8. The summed E-state index contributed by atoms with van der Waals surface area (Å²) >= 11 is 0. The van der Waals surface area contributed by atoms with Gasteiger partial charge in [-0.1, -0.05) is 0 Å². The highest BCUT2D eigenvalue weighted by Gasteiger charge is 2.12. The molecule has 0 radical (unpaired) electrons.